The summed E-state index contributed by atoms with van der Waals surface area (Å²) < 4.78 is 18.6. The SMILES string of the molecule is CNCc1ccc(Oc2cc(F)ccc2C)nn1. The van der Waals surface area contributed by atoms with Crippen molar-refractivity contribution in [2.24, 2.45) is 0 Å². The molecule has 0 aliphatic heterocycles. The van der Waals surface area contributed by atoms with E-state index in [4.69, 9.17) is 4.74 Å². The number of aryl methyl sites for hydroxylation is 1. The van der Waals surface area contributed by atoms with E-state index < -0.39 is 0 Å². The van der Waals surface area contributed by atoms with Gasteiger partial charge in [0.25, 0.3) is 0 Å². The maximum absolute atomic E-state index is 13.1. The third-order valence-electron chi connectivity index (χ3n) is 2.42. The summed E-state index contributed by atoms with van der Waals surface area (Å²) in [6, 6.07) is 7.91. The summed E-state index contributed by atoms with van der Waals surface area (Å²) in [4.78, 5) is 0. The monoisotopic (exact) mass is 247 g/mol. The summed E-state index contributed by atoms with van der Waals surface area (Å²) >= 11 is 0. The van der Waals surface area contributed by atoms with E-state index in [9.17, 15) is 4.39 Å². The highest BCUT2D eigenvalue weighted by Gasteiger charge is 2.05. The van der Waals surface area contributed by atoms with Gasteiger partial charge in [-0.05, 0) is 31.7 Å². The number of ether oxygens (including phenoxy) is 1. The van der Waals surface area contributed by atoms with Crippen molar-refractivity contribution in [3.8, 4) is 11.6 Å². The highest BCUT2D eigenvalue weighted by molar-refractivity contribution is 5.35. The van der Waals surface area contributed by atoms with Gasteiger partial charge in [0.15, 0.2) is 0 Å². The number of rotatable bonds is 4. The number of halogens is 1. The first-order valence-corrected chi connectivity index (χ1v) is 5.60. The van der Waals surface area contributed by atoms with Crippen molar-refractivity contribution in [3.05, 3.63) is 47.4 Å². The van der Waals surface area contributed by atoms with Crippen molar-refractivity contribution >= 4 is 0 Å². The molecular weight excluding hydrogens is 233 g/mol. The molecule has 0 spiro atoms. The van der Waals surface area contributed by atoms with Gasteiger partial charge in [0.1, 0.15) is 11.6 Å². The second kappa shape index (κ2) is 5.55. The predicted octanol–water partition coefficient (Wildman–Crippen LogP) is 2.44. The van der Waals surface area contributed by atoms with Crippen LogP contribution >= 0.6 is 0 Å². The summed E-state index contributed by atoms with van der Waals surface area (Å²) in [6.07, 6.45) is 0. The largest absolute Gasteiger partial charge is 0.437 e. The number of hydrogen-bond acceptors (Lipinski definition) is 4. The molecule has 0 saturated heterocycles. The highest BCUT2D eigenvalue weighted by atomic mass is 19.1. The average Bonchev–Trinajstić information content (AvgIpc) is 2.37. The molecule has 94 valence electrons. The fourth-order valence-electron chi connectivity index (χ4n) is 1.47. The number of nitrogens with one attached hydrogen (secondary N) is 1. The van der Waals surface area contributed by atoms with Crippen molar-refractivity contribution < 1.29 is 9.13 Å². The van der Waals surface area contributed by atoms with E-state index in [1.165, 1.54) is 12.1 Å². The van der Waals surface area contributed by atoms with Gasteiger partial charge in [-0.3, -0.25) is 0 Å². The quantitative estimate of drug-likeness (QED) is 0.901. The lowest BCUT2D eigenvalue weighted by Crippen LogP contribution is -2.07. The molecule has 1 aromatic carbocycles. The van der Waals surface area contributed by atoms with Crippen LogP contribution in [0.3, 0.4) is 0 Å². The lowest BCUT2D eigenvalue weighted by Gasteiger charge is -2.07. The Morgan fingerprint density at radius 1 is 1.22 bits per heavy atom. The first-order valence-electron chi connectivity index (χ1n) is 5.60. The van der Waals surface area contributed by atoms with Gasteiger partial charge < -0.3 is 10.1 Å². The van der Waals surface area contributed by atoms with Crippen molar-refractivity contribution in [1.82, 2.24) is 15.5 Å². The summed E-state index contributed by atoms with van der Waals surface area (Å²) in [5.74, 6) is 0.463. The fraction of sp³-hybridized carbons (Fsp3) is 0.231. The van der Waals surface area contributed by atoms with Gasteiger partial charge in [-0.15, -0.1) is 5.10 Å². The molecule has 4 nitrogen and oxygen atoms in total. The Morgan fingerprint density at radius 2 is 2.06 bits per heavy atom. The van der Waals surface area contributed by atoms with Crippen molar-refractivity contribution in [3.63, 3.8) is 0 Å². The molecule has 18 heavy (non-hydrogen) atoms. The van der Waals surface area contributed by atoms with E-state index in [0.717, 1.165) is 11.3 Å². The number of benzene rings is 1. The molecule has 1 N–H and O–H groups in total. The Balaban J connectivity index is 2.15. The normalized spacial score (nSPS) is 10.4. The molecule has 0 radical (unpaired) electrons. The van der Waals surface area contributed by atoms with Gasteiger partial charge in [-0.2, -0.15) is 5.10 Å². The lowest BCUT2D eigenvalue weighted by atomic mass is 10.2. The number of hydrogen-bond donors (Lipinski definition) is 1. The molecule has 0 unspecified atom stereocenters. The minimum absolute atomic E-state index is 0.338. The average molecular weight is 247 g/mol. The van der Waals surface area contributed by atoms with E-state index in [0.29, 0.717) is 18.2 Å². The molecule has 1 aromatic heterocycles. The summed E-state index contributed by atoms with van der Waals surface area (Å²) in [5.41, 5.74) is 1.67. The zero-order chi connectivity index (χ0) is 13.0. The Labute approximate surface area is 105 Å². The molecule has 2 aromatic rings. The molecular formula is C13H14FN3O. The van der Waals surface area contributed by atoms with Crippen LogP contribution in [0, 0.1) is 12.7 Å². The lowest BCUT2D eigenvalue weighted by molar-refractivity contribution is 0.446. The van der Waals surface area contributed by atoms with Crippen LogP contribution in [-0.4, -0.2) is 17.2 Å². The second-order valence-electron chi connectivity index (χ2n) is 3.91. The van der Waals surface area contributed by atoms with Crippen LogP contribution in [0.2, 0.25) is 0 Å². The third kappa shape index (κ3) is 3.01. The zero-order valence-corrected chi connectivity index (χ0v) is 10.3. The summed E-state index contributed by atoms with van der Waals surface area (Å²) in [6.45, 7) is 2.49. The third-order valence-corrected chi connectivity index (χ3v) is 2.42. The Hall–Kier alpha value is -2.01. The molecule has 0 atom stereocenters. The molecule has 0 aliphatic carbocycles. The van der Waals surface area contributed by atoms with Crippen LogP contribution < -0.4 is 10.1 Å². The molecule has 0 aliphatic rings. The molecule has 0 fully saturated rings. The van der Waals surface area contributed by atoms with Crippen LogP contribution in [0.5, 0.6) is 11.6 Å². The maximum Gasteiger partial charge on any atom is 0.238 e. The van der Waals surface area contributed by atoms with Crippen molar-refractivity contribution in [1.29, 1.82) is 0 Å². The molecule has 5 heteroatoms. The highest BCUT2D eigenvalue weighted by Crippen LogP contribution is 2.23. The van der Waals surface area contributed by atoms with Crippen LogP contribution in [0.4, 0.5) is 4.39 Å². The van der Waals surface area contributed by atoms with Gasteiger partial charge >= 0.3 is 0 Å². The van der Waals surface area contributed by atoms with Crippen LogP contribution in [-0.2, 0) is 6.54 Å². The maximum atomic E-state index is 13.1. The van der Waals surface area contributed by atoms with Crippen molar-refractivity contribution in [2.45, 2.75) is 13.5 Å². The van der Waals surface area contributed by atoms with Gasteiger partial charge in [-0.25, -0.2) is 4.39 Å². The topological polar surface area (TPSA) is 47.0 Å². The Bertz CT molecular complexity index is 528. The number of aromatic nitrogens is 2. The molecule has 0 saturated carbocycles. The van der Waals surface area contributed by atoms with Gasteiger partial charge in [0, 0.05) is 18.7 Å². The van der Waals surface area contributed by atoms with Gasteiger partial charge in [-0.1, -0.05) is 6.07 Å². The molecule has 0 amide bonds. The van der Waals surface area contributed by atoms with E-state index in [1.807, 2.05) is 20.0 Å². The van der Waals surface area contributed by atoms with Crippen molar-refractivity contribution in [2.75, 3.05) is 7.05 Å². The summed E-state index contributed by atoms with van der Waals surface area (Å²) in [5, 5.41) is 10.9. The van der Waals surface area contributed by atoms with Crippen LogP contribution in [0.25, 0.3) is 0 Å². The Kier molecular flexibility index (Phi) is 3.84. The Morgan fingerprint density at radius 3 is 2.72 bits per heavy atom. The van der Waals surface area contributed by atoms with Crippen LogP contribution in [0.1, 0.15) is 11.3 Å². The second-order valence-corrected chi connectivity index (χ2v) is 3.91. The first-order chi connectivity index (χ1) is 8.69. The van der Waals surface area contributed by atoms with E-state index in [1.54, 1.807) is 12.1 Å². The van der Waals surface area contributed by atoms with E-state index in [2.05, 4.69) is 15.5 Å². The molecule has 2 rings (SSSR count). The van der Waals surface area contributed by atoms with Gasteiger partial charge in [0.2, 0.25) is 5.88 Å². The molecule has 0 bridgehead atoms. The van der Waals surface area contributed by atoms with Crippen LogP contribution in [0.15, 0.2) is 30.3 Å². The zero-order valence-electron chi connectivity index (χ0n) is 10.3. The minimum Gasteiger partial charge on any atom is -0.437 e. The van der Waals surface area contributed by atoms with Gasteiger partial charge in [0.05, 0.1) is 5.69 Å². The fourth-order valence-corrected chi connectivity index (χ4v) is 1.47. The minimum atomic E-state index is -0.338. The first kappa shape index (κ1) is 12.4. The predicted molar refractivity (Wildman–Crippen MR) is 66.0 cm³/mol. The summed E-state index contributed by atoms with van der Waals surface area (Å²) in [7, 11) is 1.84. The standard InChI is InChI=1S/C13H14FN3O/c1-9-3-4-10(14)7-12(9)18-13-6-5-11(8-15-2)16-17-13/h3-7,15H,8H2,1-2H3. The van der Waals surface area contributed by atoms with E-state index in [-0.39, 0.29) is 5.82 Å². The molecule has 1 heterocycles. The number of nitrogens with zero attached hydrogens (tertiary/aromatic N) is 2. The van der Waals surface area contributed by atoms with E-state index >= 15 is 0 Å². The smallest absolute Gasteiger partial charge is 0.238 e.